The minimum absolute atomic E-state index is 0.103. The van der Waals surface area contributed by atoms with Gasteiger partial charge in [0.2, 0.25) is 11.0 Å². The van der Waals surface area contributed by atoms with Crippen molar-refractivity contribution in [3.8, 4) is 10.6 Å². The van der Waals surface area contributed by atoms with Crippen molar-refractivity contribution in [3.05, 3.63) is 72.6 Å². The predicted octanol–water partition coefficient (Wildman–Crippen LogP) is 3.93. The fraction of sp³-hybridized carbons (Fsp3) is 0.0526. The minimum Gasteiger partial charge on any atom is -0.300 e. The van der Waals surface area contributed by atoms with Gasteiger partial charge in [0.05, 0.1) is 6.42 Å². The third kappa shape index (κ3) is 3.39. The Morgan fingerprint density at radius 1 is 0.960 bits per heavy atom. The first-order valence-corrected chi connectivity index (χ1v) is 8.61. The van der Waals surface area contributed by atoms with Gasteiger partial charge in [0.25, 0.3) is 0 Å². The molecule has 2 aromatic heterocycles. The number of nitrogens with zero attached hydrogens (tertiary/aromatic N) is 3. The van der Waals surface area contributed by atoms with Gasteiger partial charge >= 0.3 is 0 Å². The summed E-state index contributed by atoms with van der Waals surface area (Å²) >= 11 is 1.35. The molecular formula is C19H14N4OS. The van der Waals surface area contributed by atoms with E-state index in [1.165, 1.54) is 11.3 Å². The number of hydrogen-bond acceptors (Lipinski definition) is 5. The van der Waals surface area contributed by atoms with E-state index in [-0.39, 0.29) is 5.91 Å². The number of anilines is 1. The standard InChI is InChI=1S/C19H14N4OS/c24-17(12-15-6-3-5-13-4-1-2-7-16(13)15)21-19-23-22-18(25-19)14-8-10-20-11-9-14/h1-11H,12H2,(H,21,23,24). The lowest BCUT2D eigenvalue weighted by molar-refractivity contribution is -0.115. The minimum atomic E-state index is -0.103. The molecule has 0 unspecified atom stereocenters. The highest BCUT2D eigenvalue weighted by atomic mass is 32.1. The number of pyridine rings is 1. The Hall–Kier alpha value is -3.12. The van der Waals surface area contributed by atoms with Crippen LogP contribution in [0.5, 0.6) is 0 Å². The van der Waals surface area contributed by atoms with Crippen molar-refractivity contribution >= 4 is 33.1 Å². The van der Waals surface area contributed by atoms with Crippen LogP contribution in [-0.4, -0.2) is 21.1 Å². The summed E-state index contributed by atoms with van der Waals surface area (Å²) in [6.45, 7) is 0. The van der Waals surface area contributed by atoms with E-state index in [0.717, 1.165) is 26.9 Å². The average molecular weight is 346 g/mol. The number of hydrogen-bond donors (Lipinski definition) is 1. The van der Waals surface area contributed by atoms with Crippen molar-refractivity contribution in [1.29, 1.82) is 0 Å². The molecule has 1 amide bonds. The maximum absolute atomic E-state index is 12.4. The van der Waals surface area contributed by atoms with Gasteiger partial charge in [0, 0.05) is 18.0 Å². The molecule has 4 rings (SSSR count). The summed E-state index contributed by atoms with van der Waals surface area (Å²) in [6, 6.07) is 17.8. The molecule has 1 N–H and O–H groups in total. The van der Waals surface area contributed by atoms with E-state index < -0.39 is 0 Å². The van der Waals surface area contributed by atoms with Crippen LogP contribution in [0, 0.1) is 0 Å². The van der Waals surface area contributed by atoms with Crippen LogP contribution in [0.25, 0.3) is 21.3 Å². The lowest BCUT2D eigenvalue weighted by Crippen LogP contribution is -2.14. The molecule has 2 aromatic carbocycles. The van der Waals surface area contributed by atoms with Crippen molar-refractivity contribution in [3.63, 3.8) is 0 Å². The molecule has 0 bridgehead atoms. The average Bonchev–Trinajstić information content (AvgIpc) is 3.11. The van der Waals surface area contributed by atoms with Crippen LogP contribution in [0.3, 0.4) is 0 Å². The van der Waals surface area contributed by atoms with Crippen molar-refractivity contribution in [1.82, 2.24) is 15.2 Å². The molecule has 0 saturated heterocycles. The van der Waals surface area contributed by atoms with Gasteiger partial charge < -0.3 is 5.32 Å². The second-order valence-corrected chi connectivity index (χ2v) is 6.49. The van der Waals surface area contributed by atoms with E-state index in [2.05, 4.69) is 20.5 Å². The first-order valence-electron chi connectivity index (χ1n) is 7.80. The topological polar surface area (TPSA) is 67.8 Å². The van der Waals surface area contributed by atoms with Crippen LogP contribution in [0.2, 0.25) is 0 Å². The van der Waals surface area contributed by atoms with Crippen LogP contribution in [0.4, 0.5) is 5.13 Å². The largest absolute Gasteiger partial charge is 0.300 e. The Kier molecular flexibility index (Phi) is 4.18. The fourth-order valence-corrected chi connectivity index (χ4v) is 3.43. The zero-order valence-electron chi connectivity index (χ0n) is 13.2. The summed E-state index contributed by atoms with van der Waals surface area (Å²) in [5.41, 5.74) is 1.93. The molecule has 0 spiro atoms. The Bertz CT molecular complexity index is 1020. The molecule has 0 fully saturated rings. The zero-order chi connectivity index (χ0) is 17.1. The van der Waals surface area contributed by atoms with E-state index in [4.69, 9.17) is 0 Å². The van der Waals surface area contributed by atoms with Crippen LogP contribution in [0.15, 0.2) is 67.0 Å². The summed E-state index contributed by atoms with van der Waals surface area (Å²) in [6.07, 6.45) is 3.70. The van der Waals surface area contributed by atoms with Gasteiger partial charge in [0.1, 0.15) is 5.01 Å². The first kappa shape index (κ1) is 15.4. The van der Waals surface area contributed by atoms with Crippen LogP contribution >= 0.6 is 11.3 Å². The second-order valence-electron chi connectivity index (χ2n) is 5.51. The van der Waals surface area contributed by atoms with Crippen molar-refractivity contribution in [2.45, 2.75) is 6.42 Å². The Labute approximate surface area is 148 Å². The molecule has 0 aliphatic rings. The number of carbonyl (C=O) groups is 1. The smallest absolute Gasteiger partial charge is 0.230 e. The second kappa shape index (κ2) is 6.78. The number of carbonyl (C=O) groups excluding carboxylic acids is 1. The molecule has 5 nitrogen and oxygen atoms in total. The van der Waals surface area contributed by atoms with Crippen molar-refractivity contribution in [2.75, 3.05) is 5.32 Å². The summed E-state index contributed by atoms with van der Waals surface area (Å²) in [4.78, 5) is 16.4. The highest BCUT2D eigenvalue weighted by molar-refractivity contribution is 7.18. The molecule has 2 heterocycles. The predicted molar refractivity (Wildman–Crippen MR) is 99.4 cm³/mol. The number of benzene rings is 2. The molecule has 25 heavy (non-hydrogen) atoms. The quantitative estimate of drug-likeness (QED) is 0.608. The number of aromatic nitrogens is 3. The van der Waals surface area contributed by atoms with Crippen molar-refractivity contribution < 1.29 is 4.79 Å². The maximum Gasteiger partial charge on any atom is 0.230 e. The highest BCUT2D eigenvalue weighted by Gasteiger charge is 2.11. The molecular weight excluding hydrogens is 332 g/mol. The zero-order valence-corrected chi connectivity index (χ0v) is 14.0. The van der Waals surface area contributed by atoms with Gasteiger partial charge in [0.15, 0.2) is 0 Å². The fourth-order valence-electron chi connectivity index (χ4n) is 2.67. The van der Waals surface area contributed by atoms with Gasteiger partial charge in [-0.3, -0.25) is 9.78 Å². The molecule has 0 aliphatic heterocycles. The van der Waals surface area contributed by atoms with Crippen LogP contribution in [-0.2, 0) is 11.2 Å². The summed E-state index contributed by atoms with van der Waals surface area (Å²) in [5, 5.41) is 14.5. The summed E-state index contributed by atoms with van der Waals surface area (Å²) in [5.74, 6) is -0.103. The van der Waals surface area contributed by atoms with Crippen LogP contribution in [0.1, 0.15) is 5.56 Å². The molecule has 0 radical (unpaired) electrons. The SMILES string of the molecule is O=C(Cc1cccc2ccccc12)Nc1nnc(-c2ccncc2)s1. The summed E-state index contributed by atoms with van der Waals surface area (Å²) in [7, 11) is 0. The number of amides is 1. The monoisotopic (exact) mass is 346 g/mol. The Balaban J connectivity index is 1.50. The number of nitrogens with one attached hydrogen (secondary N) is 1. The van der Waals surface area contributed by atoms with Crippen LogP contribution < -0.4 is 5.32 Å². The van der Waals surface area contributed by atoms with E-state index in [0.29, 0.717) is 11.6 Å². The normalized spacial score (nSPS) is 10.7. The number of rotatable bonds is 4. The van der Waals surface area contributed by atoms with Crippen molar-refractivity contribution in [2.24, 2.45) is 0 Å². The summed E-state index contributed by atoms with van der Waals surface area (Å²) < 4.78 is 0. The Morgan fingerprint density at radius 2 is 1.76 bits per heavy atom. The van der Waals surface area contributed by atoms with E-state index in [1.807, 2.05) is 54.6 Å². The molecule has 6 heteroatoms. The van der Waals surface area contributed by atoms with Gasteiger partial charge in [-0.15, -0.1) is 10.2 Å². The Morgan fingerprint density at radius 3 is 2.64 bits per heavy atom. The van der Waals surface area contributed by atoms with E-state index >= 15 is 0 Å². The van der Waals surface area contributed by atoms with Gasteiger partial charge in [-0.1, -0.05) is 53.8 Å². The highest BCUT2D eigenvalue weighted by Crippen LogP contribution is 2.26. The van der Waals surface area contributed by atoms with E-state index in [9.17, 15) is 4.79 Å². The molecule has 0 aliphatic carbocycles. The van der Waals surface area contributed by atoms with E-state index in [1.54, 1.807) is 12.4 Å². The van der Waals surface area contributed by atoms with Gasteiger partial charge in [-0.25, -0.2) is 0 Å². The third-order valence-electron chi connectivity index (χ3n) is 3.83. The molecule has 0 saturated carbocycles. The van der Waals surface area contributed by atoms with Gasteiger partial charge in [-0.2, -0.15) is 0 Å². The third-order valence-corrected chi connectivity index (χ3v) is 4.72. The molecule has 122 valence electrons. The lowest BCUT2D eigenvalue weighted by Gasteiger charge is -2.06. The molecule has 4 aromatic rings. The van der Waals surface area contributed by atoms with Gasteiger partial charge in [-0.05, 0) is 28.5 Å². The maximum atomic E-state index is 12.4. The first-order chi connectivity index (χ1) is 12.3. The molecule has 0 atom stereocenters. The lowest BCUT2D eigenvalue weighted by atomic mass is 10.0. The number of fused-ring (bicyclic) bond motifs is 1.